The predicted octanol–water partition coefficient (Wildman–Crippen LogP) is 5.21. The molecule has 0 aliphatic carbocycles. The lowest BCUT2D eigenvalue weighted by Gasteiger charge is -2.47. The van der Waals surface area contributed by atoms with E-state index in [1.54, 1.807) is 6.07 Å². The number of benzene rings is 1. The first-order chi connectivity index (χ1) is 10.00. The maximum atomic E-state index is 13.6. The van der Waals surface area contributed by atoms with Crippen molar-refractivity contribution in [3.05, 3.63) is 35.8 Å². The lowest BCUT2D eigenvalue weighted by atomic mass is 10.1. The average molecular weight is 337 g/mol. The van der Waals surface area contributed by atoms with Crippen LogP contribution in [-0.2, 0) is 6.42 Å². The summed E-state index contributed by atoms with van der Waals surface area (Å²) in [5.74, 6) is -0.159. The zero-order valence-corrected chi connectivity index (χ0v) is 16.9. The predicted molar refractivity (Wildman–Crippen MR) is 100.0 cm³/mol. The summed E-state index contributed by atoms with van der Waals surface area (Å²) >= 11 is 0. The minimum Gasteiger partial charge on any atom is -0.361 e. The monoisotopic (exact) mass is 336 g/mol. The van der Waals surface area contributed by atoms with E-state index in [1.807, 2.05) is 12.3 Å². The second-order valence-electron chi connectivity index (χ2n) is 8.27. The second-order valence-corrected chi connectivity index (χ2v) is 18.4. The highest BCUT2D eigenvalue weighted by Crippen LogP contribution is 2.27. The highest BCUT2D eigenvalue weighted by Gasteiger charge is 2.37. The topological polar surface area (TPSA) is 19.0 Å². The molecule has 1 unspecified atom stereocenters. The molecule has 0 aliphatic heterocycles. The number of aromatic nitrogens is 1. The van der Waals surface area contributed by atoms with Gasteiger partial charge < -0.3 is 9.22 Å². The summed E-state index contributed by atoms with van der Waals surface area (Å²) in [6.07, 6.45) is 3.02. The number of hydrogen-bond donors (Lipinski definition) is 1. The molecule has 1 N–H and O–H groups in total. The molecule has 0 spiro atoms. The first-order valence-electron chi connectivity index (χ1n) is 8.05. The second kappa shape index (κ2) is 5.94. The first kappa shape index (κ1) is 17.4. The molecule has 0 fully saturated rings. The molecule has 5 heteroatoms. The normalized spacial score (nSPS) is 14.8. The minimum absolute atomic E-state index is 0.159. The number of fused-ring (bicyclic) bond motifs is 1. The van der Waals surface area contributed by atoms with Gasteiger partial charge in [0.25, 0.3) is 0 Å². The van der Waals surface area contributed by atoms with Crippen molar-refractivity contribution < 1.29 is 4.39 Å². The number of halogens is 1. The van der Waals surface area contributed by atoms with E-state index in [0.29, 0.717) is 6.04 Å². The maximum absolute atomic E-state index is 13.6. The van der Waals surface area contributed by atoms with Crippen molar-refractivity contribution in [2.75, 3.05) is 0 Å². The summed E-state index contributed by atoms with van der Waals surface area (Å²) in [7, 11) is -2.77. The van der Waals surface area contributed by atoms with Crippen molar-refractivity contribution in [1.82, 2.24) is 9.22 Å². The third-order valence-corrected chi connectivity index (χ3v) is 11.9. The molecule has 0 aliphatic rings. The van der Waals surface area contributed by atoms with E-state index in [1.165, 1.54) is 11.6 Å². The van der Waals surface area contributed by atoms with Crippen LogP contribution in [0.25, 0.3) is 10.9 Å². The highest BCUT2D eigenvalue weighted by molar-refractivity contribution is 6.89. The molecule has 2 nitrogen and oxygen atoms in total. The standard InChI is InChI=1S/C17H29FN2Si2/c1-13(20(21(2,3)4)22(5,6)7)10-14-12-19-17-9-8-15(18)11-16(14)17/h8-9,11-13,19H,10H2,1-7H3. The Labute approximate surface area is 135 Å². The Balaban J connectivity index is 2.33. The van der Waals surface area contributed by atoms with E-state index >= 15 is 0 Å². The third kappa shape index (κ3) is 3.70. The quantitative estimate of drug-likeness (QED) is 0.743. The molecule has 0 saturated heterocycles. The van der Waals surface area contributed by atoms with Gasteiger partial charge in [0.1, 0.15) is 22.3 Å². The summed E-state index contributed by atoms with van der Waals surface area (Å²) in [6, 6.07) is 5.48. The fourth-order valence-corrected chi connectivity index (χ4v) is 14.9. The van der Waals surface area contributed by atoms with Crippen LogP contribution in [0.3, 0.4) is 0 Å². The van der Waals surface area contributed by atoms with Gasteiger partial charge >= 0.3 is 0 Å². The summed E-state index contributed by atoms with van der Waals surface area (Å²) in [5, 5.41) is 1.03. The van der Waals surface area contributed by atoms with Gasteiger partial charge in [0.15, 0.2) is 0 Å². The molecule has 1 aromatic heterocycles. The summed E-state index contributed by atoms with van der Waals surface area (Å²) in [5.41, 5.74) is 2.25. The van der Waals surface area contributed by atoms with Crippen LogP contribution in [0.15, 0.2) is 24.4 Å². The molecule has 1 heterocycles. The van der Waals surface area contributed by atoms with Gasteiger partial charge in [-0.1, -0.05) is 46.2 Å². The van der Waals surface area contributed by atoms with Gasteiger partial charge in [0.2, 0.25) is 0 Å². The third-order valence-electron chi connectivity index (χ3n) is 4.13. The number of nitrogens with one attached hydrogen (secondary N) is 1. The van der Waals surface area contributed by atoms with Crippen molar-refractivity contribution >= 4 is 27.4 Å². The fraction of sp³-hybridized carbons (Fsp3) is 0.529. The SMILES string of the molecule is CC(Cc1c[nH]c2ccc(F)cc12)N([Si](C)(C)C)[Si](C)(C)C. The Morgan fingerprint density at radius 3 is 2.23 bits per heavy atom. The number of nitrogens with zero attached hydrogens (tertiary/aromatic N) is 1. The molecule has 0 bridgehead atoms. The zero-order chi connectivity index (χ0) is 16.7. The highest BCUT2D eigenvalue weighted by atomic mass is 28.4. The lowest BCUT2D eigenvalue weighted by molar-refractivity contribution is 0.470. The summed E-state index contributed by atoms with van der Waals surface area (Å²) < 4.78 is 16.4. The van der Waals surface area contributed by atoms with Crippen molar-refractivity contribution in [3.8, 4) is 0 Å². The van der Waals surface area contributed by atoms with E-state index in [-0.39, 0.29) is 5.82 Å². The Kier molecular flexibility index (Phi) is 4.71. The van der Waals surface area contributed by atoms with Gasteiger partial charge in [0.05, 0.1) is 0 Å². The van der Waals surface area contributed by atoms with Crippen LogP contribution in [0.5, 0.6) is 0 Å². The van der Waals surface area contributed by atoms with Crippen molar-refractivity contribution in [3.63, 3.8) is 0 Å². The van der Waals surface area contributed by atoms with Gasteiger partial charge in [-0.15, -0.1) is 0 Å². The number of aromatic amines is 1. The largest absolute Gasteiger partial charge is 0.361 e. The van der Waals surface area contributed by atoms with Crippen LogP contribution in [0.2, 0.25) is 39.3 Å². The van der Waals surface area contributed by atoms with Gasteiger partial charge in [-0.2, -0.15) is 0 Å². The van der Waals surface area contributed by atoms with E-state index in [0.717, 1.165) is 17.3 Å². The van der Waals surface area contributed by atoms with Crippen molar-refractivity contribution in [2.24, 2.45) is 0 Å². The van der Waals surface area contributed by atoms with Gasteiger partial charge in [-0.05, 0) is 36.2 Å². The van der Waals surface area contributed by atoms with E-state index < -0.39 is 16.5 Å². The molecular weight excluding hydrogens is 307 g/mol. The maximum Gasteiger partial charge on any atom is 0.123 e. The smallest absolute Gasteiger partial charge is 0.123 e. The molecule has 1 atom stereocenters. The Morgan fingerprint density at radius 1 is 1.09 bits per heavy atom. The summed E-state index contributed by atoms with van der Waals surface area (Å²) in [4.78, 5) is 3.27. The molecule has 1 aromatic carbocycles. The van der Waals surface area contributed by atoms with Gasteiger partial charge in [-0.3, -0.25) is 0 Å². The summed E-state index contributed by atoms with van der Waals surface area (Å²) in [6.45, 7) is 16.9. The number of hydrogen-bond acceptors (Lipinski definition) is 1. The Bertz CT molecular complexity index is 639. The lowest BCUT2D eigenvalue weighted by Crippen LogP contribution is -2.63. The molecule has 2 aromatic rings. The molecule has 0 amide bonds. The molecule has 0 saturated carbocycles. The Hall–Kier alpha value is -0.916. The van der Waals surface area contributed by atoms with E-state index in [2.05, 4.69) is 55.4 Å². The molecule has 2 rings (SSSR count). The fourth-order valence-electron chi connectivity index (χ4n) is 4.06. The van der Waals surface area contributed by atoms with E-state index in [9.17, 15) is 4.39 Å². The molecular formula is C17H29FN2Si2. The van der Waals surface area contributed by atoms with Gasteiger partial charge in [0, 0.05) is 17.1 Å². The van der Waals surface area contributed by atoms with Gasteiger partial charge in [-0.25, -0.2) is 4.39 Å². The average Bonchev–Trinajstić information content (AvgIpc) is 2.67. The van der Waals surface area contributed by atoms with E-state index in [4.69, 9.17) is 0 Å². The van der Waals surface area contributed by atoms with Crippen molar-refractivity contribution in [2.45, 2.75) is 58.7 Å². The van der Waals surface area contributed by atoms with Crippen LogP contribution in [0, 0.1) is 5.82 Å². The van der Waals surface area contributed by atoms with Crippen LogP contribution >= 0.6 is 0 Å². The van der Waals surface area contributed by atoms with Crippen molar-refractivity contribution in [1.29, 1.82) is 0 Å². The molecule has 122 valence electrons. The molecule has 0 radical (unpaired) electrons. The Morgan fingerprint density at radius 2 is 1.68 bits per heavy atom. The molecule has 22 heavy (non-hydrogen) atoms. The van der Waals surface area contributed by atoms with Crippen LogP contribution in [0.4, 0.5) is 4.39 Å². The number of rotatable bonds is 5. The van der Waals surface area contributed by atoms with Crippen LogP contribution < -0.4 is 0 Å². The van der Waals surface area contributed by atoms with Crippen LogP contribution in [0.1, 0.15) is 12.5 Å². The number of H-pyrrole nitrogens is 1. The van der Waals surface area contributed by atoms with Crippen LogP contribution in [-0.4, -0.2) is 31.7 Å². The first-order valence-corrected chi connectivity index (χ1v) is 14.9. The minimum atomic E-state index is -1.39. The zero-order valence-electron chi connectivity index (χ0n) is 14.9.